The molecule has 0 unspecified atom stereocenters. The van der Waals surface area contributed by atoms with Gasteiger partial charge in [-0.3, -0.25) is 9.59 Å². The van der Waals surface area contributed by atoms with E-state index in [0.717, 1.165) is 5.56 Å². The SMILES string of the molecule is COc1cc(C(=O)Nc2ccc(CNC(=O)CNC(=O)OC(C)(C)C)cc2)cc(OC)c1OC. The van der Waals surface area contributed by atoms with Crippen LogP contribution in [0.5, 0.6) is 17.2 Å². The van der Waals surface area contributed by atoms with E-state index in [2.05, 4.69) is 16.0 Å². The van der Waals surface area contributed by atoms with Crippen LogP contribution in [0.1, 0.15) is 36.7 Å². The zero-order chi connectivity index (χ0) is 25.3. The number of ether oxygens (including phenoxy) is 4. The Morgan fingerprint density at radius 2 is 1.44 bits per heavy atom. The van der Waals surface area contributed by atoms with E-state index in [1.54, 1.807) is 57.2 Å². The second-order valence-corrected chi connectivity index (χ2v) is 8.20. The van der Waals surface area contributed by atoms with Crippen LogP contribution in [0.2, 0.25) is 0 Å². The van der Waals surface area contributed by atoms with Crippen molar-refractivity contribution in [1.29, 1.82) is 0 Å². The molecule has 0 aliphatic heterocycles. The van der Waals surface area contributed by atoms with E-state index in [4.69, 9.17) is 18.9 Å². The number of carbonyl (C=O) groups excluding carboxylic acids is 3. The third-order valence-corrected chi connectivity index (χ3v) is 4.42. The first kappa shape index (κ1) is 26.3. The van der Waals surface area contributed by atoms with E-state index in [1.807, 2.05) is 0 Å². The number of anilines is 1. The molecule has 2 rings (SSSR count). The van der Waals surface area contributed by atoms with Gasteiger partial charge in [-0.2, -0.15) is 0 Å². The summed E-state index contributed by atoms with van der Waals surface area (Å²) in [6.07, 6.45) is -0.658. The van der Waals surface area contributed by atoms with E-state index in [1.165, 1.54) is 21.3 Å². The first-order chi connectivity index (χ1) is 16.1. The molecular formula is C24H31N3O7. The molecule has 0 spiro atoms. The number of methoxy groups -OCH3 is 3. The quantitative estimate of drug-likeness (QED) is 0.511. The van der Waals surface area contributed by atoms with E-state index < -0.39 is 11.7 Å². The van der Waals surface area contributed by atoms with Crippen molar-refractivity contribution in [2.45, 2.75) is 32.9 Å². The summed E-state index contributed by atoms with van der Waals surface area (Å²) in [5.41, 5.74) is 1.09. The van der Waals surface area contributed by atoms with Crippen LogP contribution < -0.4 is 30.2 Å². The molecule has 0 fully saturated rings. The second kappa shape index (κ2) is 11.8. The van der Waals surface area contributed by atoms with Gasteiger partial charge < -0.3 is 34.9 Å². The Balaban J connectivity index is 1.91. The molecule has 0 radical (unpaired) electrons. The van der Waals surface area contributed by atoms with Gasteiger partial charge in [-0.1, -0.05) is 12.1 Å². The standard InChI is InChI=1S/C24H31N3O7/c1-24(2,3)34-23(30)26-14-20(28)25-13-15-7-9-17(10-8-15)27-22(29)16-11-18(31-4)21(33-6)19(12-16)32-5/h7-12H,13-14H2,1-6H3,(H,25,28)(H,26,30)(H,27,29). The number of nitrogens with one attached hydrogen (secondary N) is 3. The maximum Gasteiger partial charge on any atom is 0.408 e. The fourth-order valence-corrected chi connectivity index (χ4v) is 2.85. The van der Waals surface area contributed by atoms with Crippen LogP contribution in [-0.2, 0) is 16.1 Å². The highest BCUT2D eigenvalue weighted by Crippen LogP contribution is 2.38. The lowest BCUT2D eigenvalue weighted by Gasteiger charge is -2.19. The van der Waals surface area contributed by atoms with Crippen molar-refractivity contribution in [3.05, 3.63) is 47.5 Å². The molecule has 0 aromatic heterocycles. The lowest BCUT2D eigenvalue weighted by Crippen LogP contribution is -2.39. The fourth-order valence-electron chi connectivity index (χ4n) is 2.85. The number of hydrogen-bond donors (Lipinski definition) is 3. The Kier molecular flexibility index (Phi) is 9.11. The van der Waals surface area contributed by atoms with E-state index >= 15 is 0 Å². The van der Waals surface area contributed by atoms with Gasteiger partial charge in [0.25, 0.3) is 5.91 Å². The van der Waals surface area contributed by atoms with Crippen LogP contribution in [0, 0.1) is 0 Å². The highest BCUT2D eigenvalue weighted by atomic mass is 16.6. The summed E-state index contributed by atoms with van der Waals surface area (Å²) in [7, 11) is 4.44. The second-order valence-electron chi connectivity index (χ2n) is 8.20. The lowest BCUT2D eigenvalue weighted by molar-refractivity contribution is -0.120. The number of hydrogen-bond acceptors (Lipinski definition) is 7. The van der Waals surface area contributed by atoms with Gasteiger partial charge in [-0.25, -0.2) is 4.79 Å². The number of alkyl carbamates (subject to hydrolysis) is 1. The van der Waals surface area contributed by atoms with Crippen LogP contribution in [0.4, 0.5) is 10.5 Å². The summed E-state index contributed by atoms with van der Waals surface area (Å²) in [5.74, 6) is 0.437. The summed E-state index contributed by atoms with van der Waals surface area (Å²) in [4.78, 5) is 36.2. The molecular weight excluding hydrogens is 442 g/mol. The molecule has 0 heterocycles. The topological polar surface area (TPSA) is 124 Å². The molecule has 0 aliphatic rings. The zero-order valence-electron chi connectivity index (χ0n) is 20.2. The fraction of sp³-hybridized carbons (Fsp3) is 0.375. The van der Waals surface area contributed by atoms with Crippen molar-refractivity contribution in [3.8, 4) is 17.2 Å². The van der Waals surface area contributed by atoms with Gasteiger partial charge in [0.2, 0.25) is 11.7 Å². The molecule has 3 amide bonds. The lowest BCUT2D eigenvalue weighted by atomic mass is 10.1. The minimum absolute atomic E-state index is 0.197. The van der Waals surface area contributed by atoms with Gasteiger partial charge >= 0.3 is 6.09 Å². The number of amides is 3. The molecule has 3 N–H and O–H groups in total. The molecule has 2 aromatic rings. The van der Waals surface area contributed by atoms with Crippen LogP contribution in [0.15, 0.2) is 36.4 Å². The van der Waals surface area contributed by atoms with Crippen molar-refractivity contribution >= 4 is 23.6 Å². The van der Waals surface area contributed by atoms with Crippen LogP contribution in [-0.4, -0.2) is 51.4 Å². The average Bonchev–Trinajstić information content (AvgIpc) is 2.80. The third-order valence-electron chi connectivity index (χ3n) is 4.42. The minimum Gasteiger partial charge on any atom is -0.493 e. The zero-order valence-corrected chi connectivity index (χ0v) is 20.2. The van der Waals surface area contributed by atoms with E-state index in [0.29, 0.717) is 28.5 Å². The monoisotopic (exact) mass is 473 g/mol. The summed E-state index contributed by atoms with van der Waals surface area (Å²) < 4.78 is 20.9. The van der Waals surface area contributed by atoms with Crippen molar-refractivity contribution in [1.82, 2.24) is 10.6 Å². The normalized spacial score (nSPS) is 10.6. The third kappa shape index (κ3) is 7.88. The Morgan fingerprint density at radius 1 is 0.853 bits per heavy atom. The van der Waals surface area contributed by atoms with Crippen molar-refractivity contribution in [3.63, 3.8) is 0 Å². The highest BCUT2D eigenvalue weighted by molar-refractivity contribution is 6.05. The van der Waals surface area contributed by atoms with E-state index in [-0.39, 0.29) is 24.9 Å². The predicted molar refractivity (Wildman–Crippen MR) is 127 cm³/mol. The number of rotatable bonds is 9. The summed E-state index contributed by atoms with van der Waals surface area (Å²) >= 11 is 0. The molecule has 34 heavy (non-hydrogen) atoms. The van der Waals surface area contributed by atoms with Crippen LogP contribution in [0.25, 0.3) is 0 Å². The summed E-state index contributed by atoms with van der Waals surface area (Å²) in [6, 6.07) is 10.1. The Hall–Kier alpha value is -3.95. The van der Waals surface area contributed by atoms with E-state index in [9.17, 15) is 14.4 Å². The van der Waals surface area contributed by atoms with Gasteiger partial charge in [-0.15, -0.1) is 0 Å². The molecule has 0 aliphatic carbocycles. The molecule has 0 saturated carbocycles. The molecule has 10 nitrogen and oxygen atoms in total. The number of benzene rings is 2. The van der Waals surface area contributed by atoms with Crippen LogP contribution in [0.3, 0.4) is 0 Å². The largest absolute Gasteiger partial charge is 0.493 e. The molecule has 2 aromatic carbocycles. The van der Waals surface area contributed by atoms with Gasteiger partial charge in [0, 0.05) is 17.8 Å². The van der Waals surface area contributed by atoms with Gasteiger partial charge in [-0.05, 0) is 50.6 Å². The Morgan fingerprint density at radius 3 is 1.94 bits per heavy atom. The Bertz CT molecular complexity index is 989. The smallest absolute Gasteiger partial charge is 0.408 e. The summed E-state index contributed by atoms with van der Waals surface area (Å²) in [6.45, 7) is 5.28. The van der Waals surface area contributed by atoms with Crippen LogP contribution >= 0.6 is 0 Å². The molecule has 0 saturated heterocycles. The number of carbonyl (C=O) groups is 3. The highest BCUT2D eigenvalue weighted by Gasteiger charge is 2.18. The van der Waals surface area contributed by atoms with Gasteiger partial charge in [0.1, 0.15) is 12.1 Å². The Labute approximate surface area is 198 Å². The molecule has 0 bridgehead atoms. The maximum atomic E-state index is 12.7. The van der Waals surface area contributed by atoms with Crippen molar-refractivity contribution in [2.75, 3.05) is 33.2 Å². The predicted octanol–water partition coefficient (Wildman–Crippen LogP) is 3.11. The van der Waals surface area contributed by atoms with Gasteiger partial charge in [0.15, 0.2) is 11.5 Å². The van der Waals surface area contributed by atoms with Crippen molar-refractivity contribution < 1.29 is 33.3 Å². The van der Waals surface area contributed by atoms with Crippen molar-refractivity contribution in [2.24, 2.45) is 0 Å². The molecule has 184 valence electrons. The first-order valence-electron chi connectivity index (χ1n) is 10.5. The molecule has 0 atom stereocenters. The average molecular weight is 474 g/mol. The maximum absolute atomic E-state index is 12.7. The minimum atomic E-state index is -0.658. The first-order valence-corrected chi connectivity index (χ1v) is 10.5. The van der Waals surface area contributed by atoms with Gasteiger partial charge in [0.05, 0.1) is 21.3 Å². The molecule has 10 heteroatoms. The summed E-state index contributed by atoms with van der Waals surface area (Å²) in [5, 5.41) is 7.90.